The van der Waals surface area contributed by atoms with Crippen LogP contribution < -0.4 is 0 Å². The minimum atomic E-state index is -0.472. The van der Waals surface area contributed by atoms with Crippen LogP contribution in [0.15, 0.2) is 11.2 Å². The molecule has 0 aromatic carbocycles. The van der Waals surface area contributed by atoms with Gasteiger partial charge in [0.05, 0.1) is 23.5 Å². The number of carbonyl (C=O) groups excluding carboxylic acids is 1. The van der Waals surface area contributed by atoms with Crippen molar-refractivity contribution in [2.45, 2.75) is 6.92 Å². The number of hydrogen-bond acceptors (Lipinski definition) is 6. The van der Waals surface area contributed by atoms with Crippen molar-refractivity contribution >= 4 is 29.3 Å². The Balaban J connectivity index is 3.13. The molecule has 0 fully saturated rings. The van der Waals surface area contributed by atoms with Gasteiger partial charge in [-0.15, -0.1) is 0 Å². The lowest BCUT2D eigenvalue weighted by molar-refractivity contribution is 0.0599. The molecule has 1 aromatic heterocycles. The van der Waals surface area contributed by atoms with Crippen molar-refractivity contribution in [2.75, 3.05) is 7.11 Å². The van der Waals surface area contributed by atoms with Gasteiger partial charge in [0.25, 0.3) is 5.95 Å². The number of carbonyl (C=O) groups is 1. The number of aryl methyl sites for hydroxylation is 1. The lowest BCUT2D eigenvalue weighted by atomic mass is 10.2. The number of hydrogen-bond donors (Lipinski definition) is 0. The fourth-order valence-electron chi connectivity index (χ4n) is 0.860. The highest BCUT2D eigenvalue weighted by atomic mass is 32.1. The molecule has 1 rings (SSSR count). The fourth-order valence-corrected chi connectivity index (χ4v) is 0.942. The van der Waals surface area contributed by atoms with E-state index in [2.05, 4.69) is 37.1 Å². The fraction of sp³-hybridized carbons (Fsp3) is 0.250. The second-order valence-corrected chi connectivity index (χ2v) is 2.55. The Hall–Kier alpha value is -1.65. The van der Waals surface area contributed by atoms with E-state index in [0.29, 0.717) is 11.3 Å². The largest absolute Gasteiger partial charge is 0.465 e. The van der Waals surface area contributed by atoms with Crippen LogP contribution in [0.4, 0.5) is 5.95 Å². The van der Waals surface area contributed by atoms with Crippen molar-refractivity contribution in [3.8, 4) is 0 Å². The molecule has 6 heteroatoms. The summed E-state index contributed by atoms with van der Waals surface area (Å²) in [6.07, 6.45) is 1.35. The Morgan fingerprint density at radius 1 is 1.71 bits per heavy atom. The Labute approximate surface area is 85.9 Å². The molecule has 0 atom stereocenters. The summed E-state index contributed by atoms with van der Waals surface area (Å²) >= 11 is 4.40. The first kappa shape index (κ1) is 10.4. The zero-order valence-corrected chi connectivity index (χ0v) is 8.46. The molecule has 5 nitrogen and oxygen atoms in total. The van der Waals surface area contributed by atoms with Gasteiger partial charge in [-0.25, -0.2) is 14.8 Å². The van der Waals surface area contributed by atoms with Crippen LogP contribution in [0, 0.1) is 6.92 Å². The van der Waals surface area contributed by atoms with Crippen LogP contribution in [-0.4, -0.2) is 28.2 Å². The maximum absolute atomic E-state index is 11.1. The summed E-state index contributed by atoms with van der Waals surface area (Å²) in [5, 5.41) is 2.14. The second-order valence-electron chi connectivity index (χ2n) is 2.36. The molecule has 0 saturated heterocycles. The van der Waals surface area contributed by atoms with Gasteiger partial charge in [0.1, 0.15) is 0 Å². The Morgan fingerprint density at radius 2 is 2.43 bits per heavy atom. The van der Waals surface area contributed by atoms with Crippen LogP contribution in [0.25, 0.3) is 0 Å². The third-order valence-electron chi connectivity index (χ3n) is 1.52. The minimum Gasteiger partial charge on any atom is -0.465 e. The SMILES string of the molecule is COC(=O)c1cnc(N=C=S)nc1C. The van der Waals surface area contributed by atoms with Gasteiger partial charge in [-0.05, 0) is 19.1 Å². The average molecular weight is 209 g/mol. The number of esters is 1. The van der Waals surface area contributed by atoms with E-state index in [-0.39, 0.29) is 5.95 Å². The number of aliphatic imine (C=N–C) groups is 1. The monoisotopic (exact) mass is 209 g/mol. The lowest BCUT2D eigenvalue weighted by Gasteiger charge is -2.01. The molecule has 0 unspecified atom stereocenters. The highest BCUT2D eigenvalue weighted by Gasteiger charge is 2.10. The van der Waals surface area contributed by atoms with Crippen molar-refractivity contribution in [1.29, 1.82) is 0 Å². The Bertz CT molecular complexity index is 413. The number of isothiocyanates is 1. The van der Waals surface area contributed by atoms with Crippen LogP contribution >= 0.6 is 12.2 Å². The predicted octanol–water partition coefficient (Wildman–Crippen LogP) is 1.31. The minimum absolute atomic E-state index is 0.185. The van der Waals surface area contributed by atoms with Gasteiger partial charge < -0.3 is 4.74 Å². The molecule has 0 aliphatic heterocycles. The maximum Gasteiger partial charge on any atom is 0.341 e. The van der Waals surface area contributed by atoms with Crippen molar-refractivity contribution in [2.24, 2.45) is 4.99 Å². The first-order chi connectivity index (χ1) is 6.69. The predicted molar refractivity (Wildman–Crippen MR) is 52.8 cm³/mol. The van der Waals surface area contributed by atoms with Crippen molar-refractivity contribution < 1.29 is 9.53 Å². The summed E-state index contributed by atoms with van der Waals surface area (Å²) < 4.78 is 4.53. The van der Waals surface area contributed by atoms with E-state index in [1.54, 1.807) is 6.92 Å². The van der Waals surface area contributed by atoms with E-state index in [9.17, 15) is 4.79 Å². The van der Waals surface area contributed by atoms with Crippen LogP contribution in [0.1, 0.15) is 16.1 Å². The molecule has 0 aliphatic rings. The van der Waals surface area contributed by atoms with E-state index in [0.717, 1.165) is 0 Å². The van der Waals surface area contributed by atoms with E-state index in [1.165, 1.54) is 13.3 Å². The smallest absolute Gasteiger partial charge is 0.341 e. The van der Waals surface area contributed by atoms with Gasteiger partial charge in [-0.3, -0.25) is 0 Å². The number of nitrogens with zero attached hydrogens (tertiary/aromatic N) is 3. The highest BCUT2D eigenvalue weighted by Crippen LogP contribution is 2.09. The molecule has 0 spiro atoms. The molecule has 0 amide bonds. The van der Waals surface area contributed by atoms with E-state index in [4.69, 9.17) is 0 Å². The molecular formula is C8H7N3O2S. The van der Waals surface area contributed by atoms with Crippen LogP contribution in [-0.2, 0) is 4.74 Å². The van der Waals surface area contributed by atoms with Crippen LogP contribution in [0.5, 0.6) is 0 Å². The zero-order chi connectivity index (χ0) is 10.6. The van der Waals surface area contributed by atoms with Gasteiger partial charge in [-0.1, -0.05) is 0 Å². The first-order valence-corrected chi connectivity index (χ1v) is 4.09. The number of aromatic nitrogens is 2. The van der Waals surface area contributed by atoms with Gasteiger partial charge in [-0.2, -0.15) is 4.99 Å². The normalized spacial score (nSPS) is 9.00. The standard InChI is InChI=1S/C8H7N3O2S/c1-5-6(7(12)13-2)3-9-8(11-5)10-4-14/h3H,1-2H3. The van der Waals surface area contributed by atoms with Gasteiger partial charge >= 0.3 is 5.97 Å². The van der Waals surface area contributed by atoms with E-state index >= 15 is 0 Å². The molecule has 1 heterocycles. The van der Waals surface area contributed by atoms with E-state index in [1.807, 2.05) is 0 Å². The molecule has 72 valence electrons. The molecule has 0 N–H and O–H groups in total. The lowest BCUT2D eigenvalue weighted by Crippen LogP contribution is -2.05. The molecular weight excluding hydrogens is 202 g/mol. The molecule has 0 saturated carbocycles. The van der Waals surface area contributed by atoms with Crippen molar-refractivity contribution in [1.82, 2.24) is 9.97 Å². The van der Waals surface area contributed by atoms with Gasteiger partial charge in [0, 0.05) is 6.20 Å². The second kappa shape index (κ2) is 4.55. The van der Waals surface area contributed by atoms with Crippen molar-refractivity contribution in [3.05, 3.63) is 17.5 Å². The topological polar surface area (TPSA) is 64.4 Å². The van der Waals surface area contributed by atoms with Crippen molar-refractivity contribution in [3.63, 3.8) is 0 Å². The summed E-state index contributed by atoms with van der Waals surface area (Å²) in [6, 6.07) is 0. The third kappa shape index (κ3) is 2.18. The van der Waals surface area contributed by atoms with Gasteiger partial charge in [0.15, 0.2) is 0 Å². The molecule has 0 bridgehead atoms. The van der Waals surface area contributed by atoms with Crippen LogP contribution in [0.2, 0.25) is 0 Å². The quantitative estimate of drug-likeness (QED) is 0.417. The maximum atomic E-state index is 11.1. The van der Waals surface area contributed by atoms with E-state index < -0.39 is 5.97 Å². The molecule has 14 heavy (non-hydrogen) atoms. The summed E-state index contributed by atoms with van der Waals surface area (Å²) in [4.78, 5) is 22.4. The average Bonchev–Trinajstić information content (AvgIpc) is 2.17. The summed E-state index contributed by atoms with van der Waals surface area (Å²) in [5.74, 6) is -0.287. The van der Waals surface area contributed by atoms with Crippen LogP contribution in [0.3, 0.4) is 0 Å². The first-order valence-electron chi connectivity index (χ1n) is 3.69. The number of rotatable bonds is 2. The summed E-state index contributed by atoms with van der Waals surface area (Å²) in [6.45, 7) is 1.66. The molecule has 0 aliphatic carbocycles. The molecule has 0 radical (unpaired) electrons. The van der Waals surface area contributed by atoms with Gasteiger partial charge in [0.2, 0.25) is 0 Å². The number of ether oxygens (including phenoxy) is 1. The summed E-state index contributed by atoms with van der Waals surface area (Å²) in [5.41, 5.74) is 0.812. The highest BCUT2D eigenvalue weighted by molar-refractivity contribution is 7.78. The third-order valence-corrected chi connectivity index (χ3v) is 1.61. The zero-order valence-electron chi connectivity index (χ0n) is 7.64. The Kier molecular flexibility index (Phi) is 3.39. The number of thiocarbonyl (C=S) groups is 1. The Morgan fingerprint density at radius 3 is 2.93 bits per heavy atom. The molecule has 1 aromatic rings. The number of methoxy groups -OCH3 is 1. The summed E-state index contributed by atoms with van der Waals surface area (Å²) in [7, 11) is 1.30.